The SMILES string of the molecule is Cc1cc(C(=N)N)nc(N2CCn3ccnc3C2)n1. The standard InChI is InChI=1S/C12H15N7/c1-8-6-9(11(13)14)17-12(16-8)19-5-4-18-3-2-15-10(18)7-19/h2-3,6H,4-5,7H2,1H3,(H3,13,14). The highest BCUT2D eigenvalue weighted by Crippen LogP contribution is 2.17. The van der Waals surface area contributed by atoms with E-state index in [0.29, 0.717) is 18.2 Å². The van der Waals surface area contributed by atoms with E-state index in [9.17, 15) is 0 Å². The first-order chi connectivity index (χ1) is 9.13. The molecule has 0 radical (unpaired) electrons. The van der Waals surface area contributed by atoms with Gasteiger partial charge in [-0.2, -0.15) is 0 Å². The predicted molar refractivity (Wildman–Crippen MR) is 71.1 cm³/mol. The van der Waals surface area contributed by atoms with Crippen LogP contribution in [0, 0.1) is 12.3 Å². The van der Waals surface area contributed by atoms with Crippen molar-refractivity contribution in [3.8, 4) is 0 Å². The number of nitrogens with two attached hydrogens (primary N) is 1. The molecule has 0 aliphatic carbocycles. The summed E-state index contributed by atoms with van der Waals surface area (Å²) in [5, 5.41) is 7.49. The molecular formula is C12H15N7. The van der Waals surface area contributed by atoms with Crippen molar-refractivity contribution in [1.29, 1.82) is 5.41 Å². The highest BCUT2D eigenvalue weighted by Gasteiger charge is 2.19. The number of fused-ring (bicyclic) bond motifs is 1. The minimum atomic E-state index is -0.0368. The van der Waals surface area contributed by atoms with Gasteiger partial charge in [-0.25, -0.2) is 15.0 Å². The fraction of sp³-hybridized carbons (Fsp3) is 0.333. The van der Waals surface area contributed by atoms with Gasteiger partial charge in [-0.1, -0.05) is 0 Å². The lowest BCUT2D eigenvalue weighted by molar-refractivity contribution is 0.551. The van der Waals surface area contributed by atoms with Crippen LogP contribution >= 0.6 is 0 Å². The number of hydrogen-bond donors (Lipinski definition) is 2. The van der Waals surface area contributed by atoms with Crippen molar-refractivity contribution in [2.45, 2.75) is 20.0 Å². The second kappa shape index (κ2) is 4.34. The first-order valence-corrected chi connectivity index (χ1v) is 6.08. The molecule has 7 nitrogen and oxygen atoms in total. The first-order valence-electron chi connectivity index (χ1n) is 6.08. The number of nitrogens with one attached hydrogen (secondary N) is 1. The van der Waals surface area contributed by atoms with Gasteiger partial charge in [0.05, 0.1) is 6.54 Å². The molecule has 3 N–H and O–H groups in total. The number of anilines is 1. The first kappa shape index (κ1) is 11.6. The largest absolute Gasteiger partial charge is 0.382 e. The number of aryl methyl sites for hydroxylation is 1. The van der Waals surface area contributed by atoms with Gasteiger partial charge in [0, 0.05) is 31.2 Å². The van der Waals surface area contributed by atoms with Gasteiger partial charge < -0.3 is 15.2 Å². The molecule has 0 saturated carbocycles. The maximum Gasteiger partial charge on any atom is 0.226 e. The Hall–Kier alpha value is -2.44. The zero-order valence-corrected chi connectivity index (χ0v) is 10.7. The van der Waals surface area contributed by atoms with Crippen molar-refractivity contribution in [2.75, 3.05) is 11.4 Å². The Morgan fingerprint density at radius 3 is 3.00 bits per heavy atom. The molecule has 1 aliphatic rings. The van der Waals surface area contributed by atoms with E-state index in [1.165, 1.54) is 0 Å². The summed E-state index contributed by atoms with van der Waals surface area (Å²) in [6, 6.07) is 1.72. The van der Waals surface area contributed by atoms with E-state index < -0.39 is 0 Å². The quantitative estimate of drug-likeness (QED) is 0.595. The average Bonchev–Trinajstić information content (AvgIpc) is 2.85. The summed E-state index contributed by atoms with van der Waals surface area (Å²) in [7, 11) is 0. The van der Waals surface area contributed by atoms with E-state index in [1.54, 1.807) is 12.3 Å². The van der Waals surface area contributed by atoms with E-state index in [2.05, 4.69) is 24.4 Å². The summed E-state index contributed by atoms with van der Waals surface area (Å²) < 4.78 is 2.12. The molecule has 3 heterocycles. The average molecular weight is 257 g/mol. The van der Waals surface area contributed by atoms with Crippen molar-refractivity contribution >= 4 is 11.8 Å². The van der Waals surface area contributed by atoms with Crippen molar-refractivity contribution in [1.82, 2.24) is 19.5 Å². The Kier molecular flexibility index (Phi) is 2.66. The number of hydrogen-bond acceptors (Lipinski definition) is 5. The normalized spacial score (nSPS) is 14.3. The van der Waals surface area contributed by atoms with Gasteiger partial charge in [0.25, 0.3) is 0 Å². The zero-order valence-electron chi connectivity index (χ0n) is 10.7. The van der Waals surface area contributed by atoms with E-state index >= 15 is 0 Å². The van der Waals surface area contributed by atoms with E-state index in [1.807, 2.05) is 13.1 Å². The van der Waals surface area contributed by atoms with Gasteiger partial charge in [-0.3, -0.25) is 5.41 Å². The van der Waals surface area contributed by atoms with Crippen LogP contribution in [0.4, 0.5) is 5.95 Å². The van der Waals surface area contributed by atoms with Crippen LogP contribution in [0.3, 0.4) is 0 Å². The van der Waals surface area contributed by atoms with Crippen LogP contribution in [0.25, 0.3) is 0 Å². The third-order valence-corrected chi connectivity index (χ3v) is 3.15. The van der Waals surface area contributed by atoms with Crippen molar-refractivity contribution < 1.29 is 0 Å². The lowest BCUT2D eigenvalue weighted by atomic mass is 10.3. The fourth-order valence-electron chi connectivity index (χ4n) is 2.18. The van der Waals surface area contributed by atoms with Crippen LogP contribution in [-0.2, 0) is 13.1 Å². The minimum Gasteiger partial charge on any atom is -0.382 e. The molecular weight excluding hydrogens is 242 g/mol. The summed E-state index contributed by atoms with van der Waals surface area (Å²) >= 11 is 0. The Morgan fingerprint density at radius 1 is 1.37 bits per heavy atom. The van der Waals surface area contributed by atoms with E-state index in [4.69, 9.17) is 11.1 Å². The van der Waals surface area contributed by atoms with Crippen molar-refractivity contribution in [2.24, 2.45) is 5.73 Å². The van der Waals surface area contributed by atoms with Gasteiger partial charge in [-0.05, 0) is 13.0 Å². The monoisotopic (exact) mass is 257 g/mol. The summed E-state index contributed by atoms with van der Waals surface area (Å²) in [6.07, 6.45) is 3.78. The molecule has 98 valence electrons. The molecule has 0 spiro atoms. The third kappa shape index (κ3) is 2.14. The number of nitrogens with zero attached hydrogens (tertiary/aromatic N) is 5. The van der Waals surface area contributed by atoms with Crippen LogP contribution in [0.1, 0.15) is 17.2 Å². The molecule has 2 aromatic heterocycles. The van der Waals surface area contributed by atoms with Gasteiger partial charge in [0.15, 0.2) is 0 Å². The molecule has 1 aliphatic heterocycles. The molecule has 0 atom stereocenters. The maximum atomic E-state index is 7.49. The molecule has 3 rings (SSSR count). The molecule has 2 aromatic rings. The highest BCUT2D eigenvalue weighted by atomic mass is 15.3. The van der Waals surface area contributed by atoms with E-state index in [-0.39, 0.29) is 5.84 Å². The topological polar surface area (TPSA) is 96.7 Å². The number of rotatable bonds is 2. The molecule has 0 fully saturated rings. The maximum absolute atomic E-state index is 7.49. The van der Waals surface area contributed by atoms with Crippen LogP contribution in [0.5, 0.6) is 0 Å². The summed E-state index contributed by atoms with van der Waals surface area (Å²) in [6.45, 7) is 4.24. The van der Waals surface area contributed by atoms with Crippen molar-refractivity contribution in [3.63, 3.8) is 0 Å². The molecule has 0 aromatic carbocycles. The molecule has 0 saturated heterocycles. The zero-order chi connectivity index (χ0) is 13.4. The van der Waals surface area contributed by atoms with Crippen molar-refractivity contribution in [3.05, 3.63) is 35.7 Å². The fourth-order valence-corrected chi connectivity index (χ4v) is 2.18. The van der Waals surface area contributed by atoms with Crippen LogP contribution < -0.4 is 10.6 Å². The Morgan fingerprint density at radius 2 is 2.21 bits per heavy atom. The second-order valence-corrected chi connectivity index (χ2v) is 4.57. The third-order valence-electron chi connectivity index (χ3n) is 3.15. The number of imidazole rings is 1. The summed E-state index contributed by atoms with van der Waals surface area (Å²) in [4.78, 5) is 15.1. The highest BCUT2D eigenvalue weighted by molar-refractivity contribution is 5.93. The van der Waals surface area contributed by atoms with Gasteiger partial charge in [0.2, 0.25) is 5.95 Å². The molecule has 0 bridgehead atoms. The van der Waals surface area contributed by atoms with Gasteiger partial charge >= 0.3 is 0 Å². The second-order valence-electron chi connectivity index (χ2n) is 4.57. The summed E-state index contributed by atoms with van der Waals surface area (Å²) in [5.41, 5.74) is 6.78. The van der Waals surface area contributed by atoms with E-state index in [0.717, 1.165) is 24.6 Å². The lowest BCUT2D eigenvalue weighted by Crippen LogP contribution is -2.35. The Bertz CT molecular complexity index is 631. The predicted octanol–water partition coefficient (Wildman–Crippen LogP) is 0.286. The van der Waals surface area contributed by atoms with Crippen LogP contribution in [-0.4, -0.2) is 31.9 Å². The van der Waals surface area contributed by atoms with Crippen LogP contribution in [0.15, 0.2) is 18.5 Å². The smallest absolute Gasteiger partial charge is 0.226 e. The molecule has 7 heteroatoms. The lowest BCUT2D eigenvalue weighted by Gasteiger charge is -2.28. The Labute approximate surface area is 110 Å². The van der Waals surface area contributed by atoms with Gasteiger partial charge in [0.1, 0.15) is 17.4 Å². The molecule has 19 heavy (non-hydrogen) atoms. The number of aromatic nitrogens is 4. The number of amidine groups is 1. The van der Waals surface area contributed by atoms with Gasteiger partial charge in [-0.15, -0.1) is 0 Å². The number of nitrogen functional groups attached to an aromatic ring is 1. The molecule has 0 amide bonds. The summed E-state index contributed by atoms with van der Waals surface area (Å²) in [5.74, 6) is 1.57. The Balaban J connectivity index is 1.93. The minimum absolute atomic E-state index is 0.0368. The van der Waals surface area contributed by atoms with Crippen LogP contribution in [0.2, 0.25) is 0 Å². The molecule has 0 unspecified atom stereocenters.